The Kier molecular flexibility index (Phi) is 5.41. The molecule has 208 valence electrons. The minimum Gasteiger partial charge on any atom is -0.456 e. The van der Waals surface area contributed by atoms with Gasteiger partial charge in [-0.1, -0.05) is 90.5 Å². The molecule has 1 aromatic heterocycles. The number of benzene rings is 7. The molecule has 9 rings (SSSR count). The highest BCUT2D eigenvalue weighted by molar-refractivity contribution is 6.13. The molecule has 7 aromatic carbocycles. The van der Waals surface area contributed by atoms with E-state index in [0.29, 0.717) is 0 Å². The van der Waals surface area contributed by atoms with Gasteiger partial charge in [0, 0.05) is 44.2 Å². The highest BCUT2D eigenvalue weighted by atomic mass is 16.5. The first-order valence-corrected chi connectivity index (χ1v) is 15.0. The van der Waals surface area contributed by atoms with E-state index in [1.807, 2.05) is 12.1 Å². The summed E-state index contributed by atoms with van der Waals surface area (Å²) in [6.45, 7) is 2.13. The fourth-order valence-corrected chi connectivity index (χ4v) is 6.84. The first kappa shape index (κ1) is 24.8. The maximum Gasteiger partial charge on any atom is 0.135 e. The molecule has 1 aliphatic heterocycles. The van der Waals surface area contributed by atoms with E-state index >= 15 is 0 Å². The fourth-order valence-electron chi connectivity index (χ4n) is 6.84. The molecule has 0 radical (unpaired) electrons. The molecule has 3 heteroatoms. The van der Waals surface area contributed by atoms with Crippen LogP contribution in [-0.2, 0) is 0 Å². The zero-order valence-corrected chi connectivity index (χ0v) is 24.2. The van der Waals surface area contributed by atoms with E-state index in [-0.39, 0.29) is 0 Å². The average Bonchev–Trinajstić information content (AvgIpc) is 3.41. The number of aromatic nitrogens is 1. The summed E-state index contributed by atoms with van der Waals surface area (Å²) in [4.78, 5) is 2.39. The standard InChI is InChI=1S/C41H28N2O/c1-27-18-20-29(21-19-27)42(37-25-23-33-32-13-6-8-16-39(32)44-40-17-9-14-34(37)41(33)40)30-22-24-38-35(26-30)31-12-5-7-15-36(31)43(38)28-10-3-2-4-11-28/h2-26H,1H3. The van der Waals surface area contributed by atoms with Crippen molar-refractivity contribution in [2.45, 2.75) is 6.92 Å². The Morgan fingerprint density at radius 1 is 0.500 bits per heavy atom. The molecule has 0 fully saturated rings. The van der Waals surface area contributed by atoms with Gasteiger partial charge in [-0.05, 0) is 79.2 Å². The smallest absolute Gasteiger partial charge is 0.135 e. The lowest BCUT2D eigenvalue weighted by atomic mass is 9.93. The minimum atomic E-state index is 0.892. The molecule has 0 unspecified atom stereocenters. The average molecular weight is 565 g/mol. The maximum atomic E-state index is 6.44. The molecule has 0 saturated carbocycles. The lowest BCUT2D eigenvalue weighted by Crippen LogP contribution is -2.11. The third-order valence-electron chi connectivity index (χ3n) is 8.84. The number of anilines is 3. The topological polar surface area (TPSA) is 17.4 Å². The Balaban J connectivity index is 1.31. The Labute approximate surface area is 255 Å². The van der Waals surface area contributed by atoms with Crippen molar-refractivity contribution in [1.29, 1.82) is 0 Å². The van der Waals surface area contributed by atoms with Crippen molar-refractivity contribution in [2.75, 3.05) is 4.90 Å². The number of nitrogens with zero attached hydrogens (tertiary/aromatic N) is 2. The van der Waals surface area contributed by atoms with Crippen LogP contribution in [0.25, 0.3) is 49.4 Å². The summed E-state index contributed by atoms with van der Waals surface area (Å²) in [7, 11) is 0. The first-order chi connectivity index (χ1) is 21.7. The van der Waals surface area contributed by atoms with Crippen molar-refractivity contribution in [2.24, 2.45) is 0 Å². The Hall–Kier alpha value is -5.80. The van der Waals surface area contributed by atoms with Crippen molar-refractivity contribution < 1.29 is 4.74 Å². The summed E-state index contributed by atoms with van der Waals surface area (Å²) in [6, 6.07) is 54.2. The van der Waals surface area contributed by atoms with Crippen LogP contribution in [0.15, 0.2) is 152 Å². The molecule has 0 bridgehead atoms. The van der Waals surface area contributed by atoms with Crippen molar-refractivity contribution in [3.63, 3.8) is 0 Å². The van der Waals surface area contributed by atoms with Gasteiger partial charge in [0.05, 0.1) is 16.7 Å². The molecule has 0 aliphatic carbocycles. The van der Waals surface area contributed by atoms with Gasteiger partial charge in [0.15, 0.2) is 0 Å². The minimum absolute atomic E-state index is 0.892. The SMILES string of the molecule is Cc1ccc(N(c2ccc3c(c2)c2ccccc2n3-c2ccccc2)c2ccc3c4c(cccc24)Oc2ccccc2-3)cc1. The summed E-state index contributed by atoms with van der Waals surface area (Å²) in [5, 5.41) is 4.75. The van der Waals surface area contributed by atoms with Gasteiger partial charge < -0.3 is 14.2 Å². The van der Waals surface area contributed by atoms with Crippen LogP contribution >= 0.6 is 0 Å². The van der Waals surface area contributed by atoms with Crippen LogP contribution in [0.3, 0.4) is 0 Å². The van der Waals surface area contributed by atoms with Crippen molar-refractivity contribution in [3.8, 4) is 28.3 Å². The van der Waals surface area contributed by atoms with Gasteiger partial charge >= 0.3 is 0 Å². The summed E-state index contributed by atoms with van der Waals surface area (Å²) in [6.07, 6.45) is 0. The Morgan fingerprint density at radius 2 is 1.20 bits per heavy atom. The molecule has 8 aromatic rings. The van der Waals surface area contributed by atoms with Crippen LogP contribution in [0.2, 0.25) is 0 Å². The van der Waals surface area contributed by atoms with Gasteiger partial charge in [0.1, 0.15) is 11.5 Å². The number of hydrogen-bond acceptors (Lipinski definition) is 2. The fraction of sp³-hybridized carbons (Fsp3) is 0.0244. The number of fused-ring (bicyclic) bond motifs is 5. The van der Waals surface area contributed by atoms with Crippen LogP contribution in [0.4, 0.5) is 17.1 Å². The van der Waals surface area contributed by atoms with Crippen molar-refractivity contribution >= 4 is 49.6 Å². The molecule has 1 aliphatic rings. The zero-order valence-electron chi connectivity index (χ0n) is 24.2. The van der Waals surface area contributed by atoms with Crippen LogP contribution in [0, 0.1) is 6.92 Å². The van der Waals surface area contributed by atoms with E-state index in [1.165, 1.54) is 32.9 Å². The van der Waals surface area contributed by atoms with E-state index in [9.17, 15) is 0 Å². The lowest BCUT2D eigenvalue weighted by Gasteiger charge is -2.29. The lowest BCUT2D eigenvalue weighted by molar-refractivity contribution is 0.487. The third-order valence-corrected chi connectivity index (χ3v) is 8.84. The zero-order chi connectivity index (χ0) is 29.2. The molecule has 2 heterocycles. The molecule has 0 atom stereocenters. The van der Waals surface area contributed by atoms with Gasteiger partial charge in [-0.25, -0.2) is 0 Å². The van der Waals surface area contributed by atoms with Gasteiger partial charge in [0.25, 0.3) is 0 Å². The first-order valence-electron chi connectivity index (χ1n) is 15.0. The van der Waals surface area contributed by atoms with E-state index < -0.39 is 0 Å². The largest absolute Gasteiger partial charge is 0.456 e. The van der Waals surface area contributed by atoms with E-state index in [0.717, 1.165) is 50.6 Å². The third kappa shape index (κ3) is 3.69. The van der Waals surface area contributed by atoms with Crippen LogP contribution < -0.4 is 9.64 Å². The second kappa shape index (κ2) is 9.62. The number of ether oxygens (including phenoxy) is 1. The second-order valence-electron chi connectivity index (χ2n) is 11.5. The monoisotopic (exact) mass is 564 g/mol. The van der Waals surface area contributed by atoms with E-state index in [1.54, 1.807) is 0 Å². The molecule has 3 nitrogen and oxygen atoms in total. The number of para-hydroxylation sites is 3. The molecule has 0 saturated heterocycles. The summed E-state index contributed by atoms with van der Waals surface area (Å²) < 4.78 is 8.80. The number of hydrogen-bond donors (Lipinski definition) is 0. The molecule has 0 spiro atoms. The molecule has 0 amide bonds. The summed E-state index contributed by atoms with van der Waals surface area (Å²) >= 11 is 0. The van der Waals surface area contributed by atoms with Gasteiger partial charge in [0.2, 0.25) is 0 Å². The summed E-state index contributed by atoms with van der Waals surface area (Å²) in [5.41, 5.74) is 10.4. The van der Waals surface area contributed by atoms with Crippen LogP contribution in [-0.4, -0.2) is 4.57 Å². The second-order valence-corrected chi connectivity index (χ2v) is 11.5. The predicted molar refractivity (Wildman–Crippen MR) is 183 cm³/mol. The quantitative estimate of drug-likeness (QED) is 0.211. The molecule has 0 N–H and O–H groups in total. The van der Waals surface area contributed by atoms with E-state index in [2.05, 4.69) is 156 Å². The van der Waals surface area contributed by atoms with Crippen molar-refractivity contribution in [1.82, 2.24) is 4.57 Å². The van der Waals surface area contributed by atoms with E-state index in [4.69, 9.17) is 4.74 Å². The normalized spacial score (nSPS) is 11.9. The predicted octanol–water partition coefficient (Wildman–Crippen LogP) is 11.5. The van der Waals surface area contributed by atoms with Crippen molar-refractivity contribution in [3.05, 3.63) is 157 Å². The highest BCUT2D eigenvalue weighted by Crippen LogP contribution is 2.50. The highest BCUT2D eigenvalue weighted by Gasteiger charge is 2.24. The maximum absolute atomic E-state index is 6.44. The molecular formula is C41H28N2O. The Morgan fingerprint density at radius 3 is 2.09 bits per heavy atom. The number of rotatable bonds is 4. The Bertz CT molecular complexity index is 2370. The van der Waals surface area contributed by atoms with Crippen LogP contribution in [0.5, 0.6) is 11.5 Å². The number of aryl methyl sites for hydroxylation is 1. The molecule has 44 heavy (non-hydrogen) atoms. The molecular weight excluding hydrogens is 536 g/mol. The van der Waals surface area contributed by atoms with Gasteiger partial charge in [-0.2, -0.15) is 0 Å². The van der Waals surface area contributed by atoms with Gasteiger partial charge in [-0.15, -0.1) is 0 Å². The van der Waals surface area contributed by atoms with Gasteiger partial charge in [-0.3, -0.25) is 0 Å². The summed E-state index contributed by atoms with van der Waals surface area (Å²) in [5.74, 6) is 1.79. The van der Waals surface area contributed by atoms with Crippen LogP contribution in [0.1, 0.15) is 5.56 Å².